The number of nitrogens with zero attached hydrogens (tertiary/aromatic N) is 3. The summed E-state index contributed by atoms with van der Waals surface area (Å²) in [4.78, 5) is 40.9. The lowest BCUT2D eigenvalue weighted by Gasteiger charge is -2.42. The van der Waals surface area contributed by atoms with Gasteiger partial charge in [-0.25, -0.2) is 4.31 Å². The number of carbonyl (C=O) groups excluding carboxylic acids is 3. The first-order valence-corrected chi connectivity index (χ1v) is 8.45. The van der Waals surface area contributed by atoms with Crippen LogP contribution in [-0.2, 0) is 26.3 Å². The smallest absolute Gasteiger partial charge is 0.362 e. The molecule has 0 radical (unpaired) electrons. The Labute approximate surface area is 137 Å². The predicted molar refractivity (Wildman–Crippen MR) is 78.8 cm³/mol. The van der Waals surface area contributed by atoms with Crippen LogP contribution in [0.15, 0.2) is 18.3 Å². The first kappa shape index (κ1) is 16.3. The highest BCUT2D eigenvalue weighted by atomic mass is 32.2. The number of hydrogen-bond donors (Lipinski definition) is 2. The maximum atomic E-state index is 12.4. The molecule has 0 aromatic carbocycles. The van der Waals surface area contributed by atoms with Crippen molar-refractivity contribution >= 4 is 28.0 Å². The third-order valence-corrected chi connectivity index (χ3v) is 5.13. The highest BCUT2D eigenvalue weighted by molar-refractivity contribution is 7.84. The molecule has 10 nitrogen and oxygen atoms in total. The molecule has 2 fully saturated rings. The molecule has 3 rings (SSSR count). The zero-order valence-corrected chi connectivity index (χ0v) is 13.1. The van der Waals surface area contributed by atoms with E-state index in [1.807, 2.05) is 0 Å². The van der Waals surface area contributed by atoms with E-state index in [1.165, 1.54) is 23.2 Å². The summed E-state index contributed by atoms with van der Waals surface area (Å²) < 4.78 is 31.7. The minimum atomic E-state index is -4.62. The molecule has 0 saturated carbocycles. The Kier molecular flexibility index (Phi) is 3.76. The van der Waals surface area contributed by atoms with Gasteiger partial charge in [-0.2, -0.15) is 8.42 Å². The van der Waals surface area contributed by atoms with E-state index in [2.05, 4.69) is 4.98 Å². The van der Waals surface area contributed by atoms with Gasteiger partial charge in [0, 0.05) is 12.7 Å². The maximum Gasteiger partial charge on any atom is 0.362 e. The lowest BCUT2D eigenvalue weighted by atomic mass is 10.00. The summed E-state index contributed by atoms with van der Waals surface area (Å²) >= 11 is 0. The van der Waals surface area contributed by atoms with Crippen LogP contribution in [0.4, 0.5) is 0 Å². The van der Waals surface area contributed by atoms with Crippen LogP contribution in [0, 0.1) is 0 Å². The highest BCUT2D eigenvalue weighted by Gasteiger charge is 2.59. The quantitative estimate of drug-likeness (QED) is 0.485. The molecule has 0 spiro atoms. The molecular formula is C13H14N4O6S. The van der Waals surface area contributed by atoms with E-state index in [9.17, 15) is 22.8 Å². The lowest BCUT2D eigenvalue weighted by molar-refractivity contribution is -0.151. The molecule has 2 aliphatic heterocycles. The van der Waals surface area contributed by atoms with Crippen LogP contribution in [0.2, 0.25) is 0 Å². The van der Waals surface area contributed by atoms with Gasteiger partial charge in [-0.05, 0) is 18.6 Å². The summed E-state index contributed by atoms with van der Waals surface area (Å²) in [6.45, 7) is 0.171. The Morgan fingerprint density at radius 1 is 1.42 bits per heavy atom. The number of β-lactam (4-membered cyclic amide) rings is 1. The molecule has 3 heterocycles. The minimum Gasteiger partial charge on any atom is -0.366 e. The molecule has 0 unspecified atom stereocenters. The summed E-state index contributed by atoms with van der Waals surface area (Å²) in [5, 5.41) is 0. The number of likely N-dealkylation sites (tertiary alicyclic amines) is 1. The molecule has 128 valence electrons. The van der Waals surface area contributed by atoms with E-state index in [1.54, 1.807) is 0 Å². The Hall–Kier alpha value is -2.53. The average Bonchev–Trinajstić information content (AvgIpc) is 2.84. The van der Waals surface area contributed by atoms with Gasteiger partial charge in [0.15, 0.2) is 0 Å². The van der Waals surface area contributed by atoms with Crippen LogP contribution in [0.1, 0.15) is 22.5 Å². The van der Waals surface area contributed by atoms with Gasteiger partial charge in [0.25, 0.3) is 11.8 Å². The van der Waals surface area contributed by atoms with Gasteiger partial charge in [0.05, 0.1) is 23.7 Å². The molecule has 0 aliphatic carbocycles. The Morgan fingerprint density at radius 3 is 2.75 bits per heavy atom. The third kappa shape index (κ3) is 2.51. The molecule has 1 aromatic rings. The average molecular weight is 354 g/mol. The van der Waals surface area contributed by atoms with E-state index in [-0.39, 0.29) is 30.6 Å². The molecule has 24 heavy (non-hydrogen) atoms. The van der Waals surface area contributed by atoms with Crippen molar-refractivity contribution in [3.05, 3.63) is 29.6 Å². The first-order valence-electron chi connectivity index (χ1n) is 7.05. The number of carbonyl (C=O) groups is 3. The molecule has 11 heteroatoms. The van der Waals surface area contributed by atoms with E-state index >= 15 is 0 Å². The predicted octanol–water partition coefficient (Wildman–Crippen LogP) is -1.66. The van der Waals surface area contributed by atoms with Crippen molar-refractivity contribution in [1.29, 1.82) is 0 Å². The SMILES string of the molecule is NC(=O)c1cccnc1CC(=O)N1CC[C@@H]2[C@H]1C(=O)N2S(=O)(=O)O. The van der Waals surface area contributed by atoms with Crippen LogP contribution in [0.3, 0.4) is 0 Å². The van der Waals surface area contributed by atoms with Crippen LogP contribution < -0.4 is 5.73 Å². The summed E-state index contributed by atoms with van der Waals surface area (Å²) in [5.41, 5.74) is 5.54. The summed E-state index contributed by atoms with van der Waals surface area (Å²) in [6.07, 6.45) is 1.42. The van der Waals surface area contributed by atoms with Crippen LogP contribution in [-0.4, -0.2) is 63.5 Å². The van der Waals surface area contributed by atoms with Crippen molar-refractivity contribution in [3.8, 4) is 0 Å². The largest absolute Gasteiger partial charge is 0.366 e. The second-order valence-corrected chi connectivity index (χ2v) is 6.83. The second kappa shape index (κ2) is 5.53. The number of hydrogen-bond acceptors (Lipinski definition) is 6. The number of amides is 3. The van der Waals surface area contributed by atoms with Crippen LogP contribution >= 0.6 is 0 Å². The maximum absolute atomic E-state index is 12.4. The molecular weight excluding hydrogens is 340 g/mol. The number of aromatic nitrogens is 1. The molecule has 3 N–H and O–H groups in total. The minimum absolute atomic E-state index is 0.112. The molecule has 0 bridgehead atoms. The van der Waals surface area contributed by atoms with Crippen molar-refractivity contribution in [3.63, 3.8) is 0 Å². The number of rotatable bonds is 4. The van der Waals surface area contributed by atoms with E-state index in [4.69, 9.17) is 10.3 Å². The lowest BCUT2D eigenvalue weighted by Crippen LogP contribution is -2.68. The Morgan fingerprint density at radius 2 is 2.12 bits per heavy atom. The van der Waals surface area contributed by atoms with Crippen molar-refractivity contribution in [2.75, 3.05) is 6.54 Å². The van der Waals surface area contributed by atoms with Crippen molar-refractivity contribution in [1.82, 2.24) is 14.2 Å². The molecule has 2 saturated heterocycles. The number of primary amides is 1. The fraction of sp³-hybridized carbons (Fsp3) is 0.385. The Balaban J connectivity index is 1.77. The van der Waals surface area contributed by atoms with E-state index in [0.717, 1.165) is 0 Å². The third-order valence-electron chi connectivity index (χ3n) is 4.18. The van der Waals surface area contributed by atoms with Crippen molar-refractivity contribution < 1.29 is 27.4 Å². The van der Waals surface area contributed by atoms with Crippen LogP contribution in [0.5, 0.6) is 0 Å². The summed E-state index contributed by atoms with van der Waals surface area (Å²) in [6, 6.07) is 1.29. The van der Waals surface area contributed by atoms with Gasteiger partial charge in [0.2, 0.25) is 5.91 Å². The van der Waals surface area contributed by atoms with Crippen molar-refractivity contribution in [2.45, 2.75) is 24.9 Å². The molecule has 3 amide bonds. The van der Waals surface area contributed by atoms with Gasteiger partial charge >= 0.3 is 10.3 Å². The van der Waals surface area contributed by atoms with Gasteiger partial charge in [-0.15, -0.1) is 0 Å². The van der Waals surface area contributed by atoms with Gasteiger partial charge in [-0.3, -0.25) is 23.9 Å². The standard InChI is InChI=1S/C13H14N4O6S/c14-12(19)7-2-1-4-15-8(7)6-10(18)16-5-3-9-11(16)13(20)17(9)24(21,22)23/h1-2,4,9,11H,3,5-6H2,(H2,14,19)(H,21,22,23)/t9-,11+/m1/s1. The molecule has 2 atom stereocenters. The molecule has 1 aromatic heterocycles. The topological polar surface area (TPSA) is 151 Å². The van der Waals surface area contributed by atoms with Gasteiger partial charge in [0.1, 0.15) is 6.04 Å². The fourth-order valence-electron chi connectivity index (χ4n) is 3.14. The normalized spacial score (nSPS) is 23.0. The van der Waals surface area contributed by atoms with E-state index in [0.29, 0.717) is 4.31 Å². The first-order chi connectivity index (χ1) is 11.2. The Bertz CT molecular complexity index is 839. The van der Waals surface area contributed by atoms with Gasteiger partial charge in [-0.1, -0.05) is 0 Å². The fourth-order valence-corrected chi connectivity index (χ4v) is 4.04. The second-order valence-electron chi connectivity index (χ2n) is 5.54. The summed E-state index contributed by atoms with van der Waals surface area (Å²) in [5.74, 6) is -2.03. The van der Waals surface area contributed by atoms with Crippen LogP contribution in [0.25, 0.3) is 0 Å². The van der Waals surface area contributed by atoms with E-state index < -0.39 is 40.1 Å². The number of pyridine rings is 1. The highest BCUT2D eigenvalue weighted by Crippen LogP contribution is 2.35. The van der Waals surface area contributed by atoms with Crippen molar-refractivity contribution in [2.24, 2.45) is 5.73 Å². The number of nitrogens with two attached hydrogens (primary N) is 1. The zero-order chi connectivity index (χ0) is 17.6. The molecule has 2 aliphatic rings. The summed E-state index contributed by atoms with van der Waals surface area (Å²) in [7, 11) is -4.62. The van der Waals surface area contributed by atoms with Gasteiger partial charge < -0.3 is 10.6 Å². The zero-order valence-electron chi connectivity index (χ0n) is 12.3. The number of fused-ring (bicyclic) bond motifs is 1. The monoisotopic (exact) mass is 354 g/mol.